The quantitative estimate of drug-likeness (QED) is 0.833. The first-order valence-corrected chi connectivity index (χ1v) is 8.31. The van der Waals surface area contributed by atoms with Crippen LogP contribution in [0.3, 0.4) is 0 Å². The third-order valence-electron chi connectivity index (χ3n) is 4.27. The van der Waals surface area contributed by atoms with Gasteiger partial charge in [0.1, 0.15) is 5.75 Å². The lowest BCUT2D eigenvalue weighted by molar-refractivity contribution is -0.121. The van der Waals surface area contributed by atoms with Crippen molar-refractivity contribution in [2.75, 3.05) is 26.8 Å². The molecule has 1 aromatic rings. The lowest BCUT2D eigenvalue weighted by atomic mass is 10.1. The SMILES string of the molecule is CCOc1ccc(CC(=O)N[C@H]2CN(C(C)C)C[C@@H]2OC)cc1. The van der Waals surface area contributed by atoms with Gasteiger partial charge in [-0.15, -0.1) is 0 Å². The Bertz CT molecular complexity index is 501. The number of nitrogens with one attached hydrogen (secondary N) is 1. The molecule has 0 saturated carbocycles. The van der Waals surface area contributed by atoms with Gasteiger partial charge in [-0.3, -0.25) is 9.69 Å². The van der Waals surface area contributed by atoms with Crippen LogP contribution in [-0.4, -0.2) is 55.8 Å². The molecule has 1 aromatic carbocycles. The number of methoxy groups -OCH3 is 1. The molecule has 1 N–H and O–H groups in total. The van der Waals surface area contributed by atoms with Gasteiger partial charge in [-0.05, 0) is 38.5 Å². The molecule has 0 aliphatic carbocycles. The second kappa shape index (κ2) is 8.31. The first-order chi connectivity index (χ1) is 11.0. The molecule has 1 aliphatic rings. The summed E-state index contributed by atoms with van der Waals surface area (Å²) < 4.78 is 10.9. The predicted octanol–water partition coefficient (Wildman–Crippen LogP) is 1.85. The second-order valence-corrected chi connectivity index (χ2v) is 6.25. The van der Waals surface area contributed by atoms with Crippen LogP contribution in [0.5, 0.6) is 5.75 Å². The molecule has 23 heavy (non-hydrogen) atoms. The van der Waals surface area contributed by atoms with Crippen LogP contribution in [0.1, 0.15) is 26.3 Å². The van der Waals surface area contributed by atoms with Crippen LogP contribution >= 0.6 is 0 Å². The van der Waals surface area contributed by atoms with Gasteiger partial charge in [-0.2, -0.15) is 0 Å². The molecule has 0 radical (unpaired) electrons. The monoisotopic (exact) mass is 320 g/mol. The Hall–Kier alpha value is -1.59. The summed E-state index contributed by atoms with van der Waals surface area (Å²) in [6.45, 7) is 8.63. The molecule has 0 aromatic heterocycles. The maximum absolute atomic E-state index is 12.3. The summed E-state index contributed by atoms with van der Waals surface area (Å²) in [6.07, 6.45) is 0.433. The Labute approximate surface area is 139 Å². The Kier molecular flexibility index (Phi) is 6.42. The highest BCUT2D eigenvalue weighted by Crippen LogP contribution is 2.16. The summed E-state index contributed by atoms with van der Waals surface area (Å²) in [7, 11) is 1.71. The van der Waals surface area contributed by atoms with Crippen LogP contribution in [0.25, 0.3) is 0 Å². The highest BCUT2D eigenvalue weighted by molar-refractivity contribution is 5.79. The van der Waals surface area contributed by atoms with E-state index < -0.39 is 0 Å². The van der Waals surface area contributed by atoms with Crippen LogP contribution in [0.15, 0.2) is 24.3 Å². The summed E-state index contributed by atoms with van der Waals surface area (Å²) >= 11 is 0. The smallest absolute Gasteiger partial charge is 0.224 e. The first-order valence-electron chi connectivity index (χ1n) is 8.31. The number of benzene rings is 1. The molecule has 1 fully saturated rings. The van der Waals surface area contributed by atoms with Gasteiger partial charge in [0.05, 0.1) is 25.2 Å². The van der Waals surface area contributed by atoms with Crippen LogP contribution in [-0.2, 0) is 16.0 Å². The maximum Gasteiger partial charge on any atom is 0.224 e. The zero-order valence-corrected chi connectivity index (χ0v) is 14.5. The van der Waals surface area contributed by atoms with Gasteiger partial charge < -0.3 is 14.8 Å². The summed E-state index contributed by atoms with van der Waals surface area (Å²) in [4.78, 5) is 14.6. The molecule has 0 spiro atoms. The van der Waals surface area contributed by atoms with Gasteiger partial charge in [-0.25, -0.2) is 0 Å². The Morgan fingerprint density at radius 3 is 2.57 bits per heavy atom. The van der Waals surface area contributed by atoms with Crippen LogP contribution in [0, 0.1) is 0 Å². The molecule has 0 bridgehead atoms. The van der Waals surface area contributed by atoms with E-state index in [9.17, 15) is 4.79 Å². The van der Waals surface area contributed by atoms with E-state index in [4.69, 9.17) is 9.47 Å². The fraction of sp³-hybridized carbons (Fsp3) is 0.611. The highest BCUT2D eigenvalue weighted by Gasteiger charge is 2.34. The zero-order valence-electron chi connectivity index (χ0n) is 14.5. The van der Waals surface area contributed by atoms with Gasteiger partial charge in [0, 0.05) is 26.2 Å². The normalized spacial score (nSPS) is 21.6. The van der Waals surface area contributed by atoms with Crippen molar-refractivity contribution in [3.05, 3.63) is 29.8 Å². The second-order valence-electron chi connectivity index (χ2n) is 6.25. The Balaban J connectivity index is 1.88. The van der Waals surface area contributed by atoms with Crippen molar-refractivity contribution in [2.24, 2.45) is 0 Å². The van der Waals surface area contributed by atoms with Crippen molar-refractivity contribution < 1.29 is 14.3 Å². The number of hydrogen-bond donors (Lipinski definition) is 1. The van der Waals surface area contributed by atoms with E-state index in [0.717, 1.165) is 24.4 Å². The predicted molar refractivity (Wildman–Crippen MR) is 90.8 cm³/mol. The van der Waals surface area contributed by atoms with Crippen molar-refractivity contribution in [3.63, 3.8) is 0 Å². The molecule has 1 aliphatic heterocycles. The average Bonchev–Trinajstić information content (AvgIpc) is 2.92. The first kappa shape index (κ1) is 17.8. The van der Waals surface area contributed by atoms with Gasteiger partial charge >= 0.3 is 0 Å². The van der Waals surface area contributed by atoms with Crippen molar-refractivity contribution in [1.82, 2.24) is 10.2 Å². The molecule has 2 atom stereocenters. The minimum atomic E-state index is 0.0341. The van der Waals surface area contributed by atoms with Crippen LogP contribution < -0.4 is 10.1 Å². The lowest BCUT2D eigenvalue weighted by Crippen LogP contribution is -2.44. The summed E-state index contributed by atoms with van der Waals surface area (Å²) in [6, 6.07) is 8.19. The summed E-state index contributed by atoms with van der Waals surface area (Å²) in [5.74, 6) is 0.867. The highest BCUT2D eigenvalue weighted by atomic mass is 16.5. The molecule has 5 nitrogen and oxygen atoms in total. The number of rotatable bonds is 7. The fourth-order valence-corrected chi connectivity index (χ4v) is 2.92. The minimum absolute atomic E-state index is 0.0341. The fourth-order valence-electron chi connectivity index (χ4n) is 2.92. The van der Waals surface area contributed by atoms with Crippen molar-refractivity contribution in [1.29, 1.82) is 0 Å². The number of hydrogen-bond acceptors (Lipinski definition) is 4. The van der Waals surface area contributed by atoms with E-state index >= 15 is 0 Å². The van der Waals surface area contributed by atoms with Gasteiger partial charge in [-0.1, -0.05) is 12.1 Å². The van der Waals surface area contributed by atoms with E-state index in [2.05, 4.69) is 24.1 Å². The van der Waals surface area contributed by atoms with Gasteiger partial charge in [0.25, 0.3) is 0 Å². The molecule has 1 saturated heterocycles. The van der Waals surface area contributed by atoms with Crippen LogP contribution in [0.2, 0.25) is 0 Å². The summed E-state index contributed by atoms with van der Waals surface area (Å²) in [5, 5.41) is 3.12. The van der Waals surface area contributed by atoms with Gasteiger partial charge in [0.15, 0.2) is 0 Å². The van der Waals surface area contributed by atoms with Crippen molar-refractivity contribution in [2.45, 2.75) is 45.4 Å². The molecule has 0 unspecified atom stereocenters. The third-order valence-corrected chi connectivity index (χ3v) is 4.27. The molecule has 128 valence electrons. The largest absolute Gasteiger partial charge is 0.494 e. The molecular weight excluding hydrogens is 292 g/mol. The third kappa shape index (κ3) is 4.94. The lowest BCUT2D eigenvalue weighted by Gasteiger charge is -2.20. The number of likely N-dealkylation sites (tertiary alicyclic amines) is 1. The molecule has 2 rings (SSSR count). The van der Waals surface area contributed by atoms with Crippen LogP contribution in [0.4, 0.5) is 0 Å². The molecule has 5 heteroatoms. The average molecular weight is 320 g/mol. The minimum Gasteiger partial charge on any atom is -0.494 e. The number of carbonyl (C=O) groups is 1. The van der Waals surface area contributed by atoms with Crippen molar-refractivity contribution >= 4 is 5.91 Å². The van der Waals surface area contributed by atoms with E-state index in [0.29, 0.717) is 19.1 Å². The Morgan fingerprint density at radius 1 is 1.30 bits per heavy atom. The topological polar surface area (TPSA) is 50.8 Å². The molecule has 1 heterocycles. The van der Waals surface area contributed by atoms with E-state index in [-0.39, 0.29) is 18.1 Å². The van der Waals surface area contributed by atoms with E-state index in [1.54, 1.807) is 7.11 Å². The number of amides is 1. The standard InChI is InChI=1S/C18H28N2O3/c1-5-23-15-8-6-14(7-9-15)10-18(21)19-16-11-20(13(2)3)12-17(16)22-4/h6-9,13,16-17H,5,10-12H2,1-4H3,(H,19,21)/t16-,17-/m0/s1. The van der Waals surface area contributed by atoms with E-state index in [1.807, 2.05) is 31.2 Å². The molecule has 1 amide bonds. The number of carbonyl (C=O) groups excluding carboxylic acids is 1. The number of ether oxygens (including phenoxy) is 2. The van der Waals surface area contributed by atoms with E-state index in [1.165, 1.54) is 0 Å². The van der Waals surface area contributed by atoms with Crippen molar-refractivity contribution in [3.8, 4) is 5.75 Å². The maximum atomic E-state index is 12.3. The molecular formula is C18H28N2O3. The Morgan fingerprint density at radius 2 is 2.00 bits per heavy atom. The summed E-state index contributed by atoms with van der Waals surface area (Å²) in [5.41, 5.74) is 0.985. The number of nitrogens with zero attached hydrogens (tertiary/aromatic N) is 1. The zero-order chi connectivity index (χ0) is 16.8. The van der Waals surface area contributed by atoms with Gasteiger partial charge in [0.2, 0.25) is 5.91 Å².